The van der Waals surface area contributed by atoms with Gasteiger partial charge in [-0.2, -0.15) is 0 Å². The van der Waals surface area contributed by atoms with Crippen LogP contribution in [0.15, 0.2) is 6.20 Å². The van der Waals surface area contributed by atoms with Crippen molar-refractivity contribution < 1.29 is 4.74 Å². The fourth-order valence-corrected chi connectivity index (χ4v) is 1.23. The Labute approximate surface area is 77.1 Å². The monoisotopic (exact) mass is 179 g/mol. The number of methoxy groups -OCH3 is 1. The summed E-state index contributed by atoms with van der Waals surface area (Å²) in [5.41, 5.74) is 7.11. The van der Waals surface area contributed by atoms with Crippen molar-refractivity contribution >= 4 is 5.69 Å². The third kappa shape index (κ3) is 1.78. The summed E-state index contributed by atoms with van der Waals surface area (Å²) in [4.78, 5) is 8.55. The van der Waals surface area contributed by atoms with Crippen LogP contribution in [0.3, 0.4) is 0 Å². The van der Waals surface area contributed by atoms with Crippen LogP contribution in [-0.4, -0.2) is 17.1 Å². The van der Waals surface area contributed by atoms with Gasteiger partial charge in [0.1, 0.15) is 5.82 Å². The molecule has 4 heteroatoms. The zero-order valence-corrected chi connectivity index (χ0v) is 7.66. The number of hydrogen-bond acceptors (Lipinski definition) is 4. The number of anilines is 1. The van der Waals surface area contributed by atoms with Gasteiger partial charge in [-0.3, -0.25) is 0 Å². The van der Waals surface area contributed by atoms with Gasteiger partial charge in [-0.25, -0.2) is 9.97 Å². The lowest BCUT2D eigenvalue weighted by atomic mass is 10.3. The third-order valence-corrected chi connectivity index (χ3v) is 2.14. The van der Waals surface area contributed by atoms with Gasteiger partial charge in [0.2, 0.25) is 0 Å². The van der Waals surface area contributed by atoms with Crippen molar-refractivity contribution in [2.45, 2.75) is 25.4 Å². The molecule has 0 aliphatic heterocycles. The van der Waals surface area contributed by atoms with E-state index in [-0.39, 0.29) is 0 Å². The van der Waals surface area contributed by atoms with Crippen LogP contribution in [0.2, 0.25) is 0 Å². The van der Waals surface area contributed by atoms with Crippen LogP contribution >= 0.6 is 0 Å². The van der Waals surface area contributed by atoms with Gasteiger partial charge in [0, 0.05) is 13.0 Å². The van der Waals surface area contributed by atoms with E-state index in [1.54, 1.807) is 13.3 Å². The molecule has 1 saturated carbocycles. The minimum Gasteiger partial charge on any atom is -0.396 e. The Kier molecular flexibility index (Phi) is 2.14. The third-order valence-electron chi connectivity index (χ3n) is 2.14. The van der Waals surface area contributed by atoms with Crippen LogP contribution in [0.25, 0.3) is 0 Å². The summed E-state index contributed by atoms with van der Waals surface area (Å²) < 4.78 is 4.99. The molecule has 0 spiro atoms. The summed E-state index contributed by atoms with van der Waals surface area (Å²) in [6, 6.07) is 0. The van der Waals surface area contributed by atoms with Crippen molar-refractivity contribution in [2.75, 3.05) is 12.8 Å². The van der Waals surface area contributed by atoms with Crippen molar-refractivity contribution in [3.63, 3.8) is 0 Å². The molecule has 0 radical (unpaired) electrons. The number of aromatic nitrogens is 2. The summed E-state index contributed by atoms with van der Waals surface area (Å²) in [5, 5.41) is 0. The Hall–Kier alpha value is -1.16. The molecule has 0 aromatic carbocycles. The highest BCUT2D eigenvalue weighted by atomic mass is 16.5. The lowest BCUT2D eigenvalue weighted by Gasteiger charge is -2.04. The predicted molar refractivity (Wildman–Crippen MR) is 49.1 cm³/mol. The minimum atomic E-state index is 0.466. The van der Waals surface area contributed by atoms with Gasteiger partial charge in [0.05, 0.1) is 24.2 Å². The minimum absolute atomic E-state index is 0.466. The van der Waals surface area contributed by atoms with Crippen LogP contribution in [0.5, 0.6) is 0 Å². The first-order chi connectivity index (χ1) is 6.31. The molecule has 1 aromatic rings. The molecule has 1 aliphatic rings. The molecule has 0 bridgehead atoms. The Morgan fingerprint density at radius 1 is 1.62 bits per heavy atom. The molecule has 4 nitrogen and oxygen atoms in total. The quantitative estimate of drug-likeness (QED) is 0.754. The number of hydrogen-bond donors (Lipinski definition) is 1. The molecule has 13 heavy (non-hydrogen) atoms. The second-order valence-corrected chi connectivity index (χ2v) is 3.34. The first-order valence-corrected chi connectivity index (χ1v) is 4.41. The molecule has 1 fully saturated rings. The smallest absolute Gasteiger partial charge is 0.131 e. The fourth-order valence-electron chi connectivity index (χ4n) is 1.23. The Balaban J connectivity index is 2.25. The summed E-state index contributed by atoms with van der Waals surface area (Å²) in [7, 11) is 1.64. The highest BCUT2D eigenvalue weighted by molar-refractivity contribution is 5.40. The molecule has 1 aromatic heterocycles. The average Bonchev–Trinajstić information content (AvgIpc) is 2.92. The zero-order valence-electron chi connectivity index (χ0n) is 7.66. The molecule has 0 amide bonds. The van der Waals surface area contributed by atoms with E-state index in [4.69, 9.17) is 10.5 Å². The average molecular weight is 179 g/mol. The highest BCUT2D eigenvalue weighted by Crippen LogP contribution is 2.38. The van der Waals surface area contributed by atoms with E-state index in [1.807, 2.05) is 0 Å². The summed E-state index contributed by atoms with van der Waals surface area (Å²) >= 11 is 0. The molecule has 0 unspecified atom stereocenters. The van der Waals surface area contributed by atoms with E-state index in [2.05, 4.69) is 9.97 Å². The SMILES string of the molecule is COCc1nc(C2CC2)ncc1N. The Morgan fingerprint density at radius 3 is 3.00 bits per heavy atom. The van der Waals surface area contributed by atoms with Crippen molar-refractivity contribution in [3.8, 4) is 0 Å². The number of ether oxygens (including phenoxy) is 1. The van der Waals surface area contributed by atoms with Gasteiger partial charge >= 0.3 is 0 Å². The van der Waals surface area contributed by atoms with Crippen molar-refractivity contribution in [1.82, 2.24) is 9.97 Å². The Bertz CT molecular complexity index is 310. The number of nitrogens with zero attached hydrogens (tertiary/aromatic N) is 2. The predicted octanol–water partition coefficient (Wildman–Crippen LogP) is 1.08. The normalized spacial score (nSPS) is 16.1. The van der Waals surface area contributed by atoms with E-state index in [0.717, 1.165) is 11.5 Å². The van der Waals surface area contributed by atoms with Crippen molar-refractivity contribution in [1.29, 1.82) is 0 Å². The molecular formula is C9H13N3O. The zero-order chi connectivity index (χ0) is 9.26. The molecule has 70 valence electrons. The van der Waals surface area contributed by atoms with E-state index < -0.39 is 0 Å². The molecule has 1 aliphatic carbocycles. The summed E-state index contributed by atoms with van der Waals surface area (Å²) in [6.07, 6.45) is 4.09. The first kappa shape index (κ1) is 8.44. The van der Waals surface area contributed by atoms with Crippen LogP contribution in [-0.2, 0) is 11.3 Å². The highest BCUT2D eigenvalue weighted by Gasteiger charge is 2.26. The Morgan fingerprint density at radius 2 is 2.38 bits per heavy atom. The van der Waals surface area contributed by atoms with Crippen LogP contribution in [0, 0.1) is 0 Å². The maximum atomic E-state index is 5.69. The summed E-state index contributed by atoms with van der Waals surface area (Å²) in [5.74, 6) is 1.48. The van der Waals surface area contributed by atoms with Gasteiger partial charge in [0.25, 0.3) is 0 Å². The van der Waals surface area contributed by atoms with Gasteiger partial charge in [-0.15, -0.1) is 0 Å². The molecule has 0 atom stereocenters. The van der Waals surface area contributed by atoms with Gasteiger partial charge in [-0.05, 0) is 12.8 Å². The van der Waals surface area contributed by atoms with E-state index >= 15 is 0 Å². The van der Waals surface area contributed by atoms with Gasteiger partial charge in [-0.1, -0.05) is 0 Å². The second kappa shape index (κ2) is 3.30. The lowest BCUT2D eigenvalue weighted by Crippen LogP contribution is -2.04. The molecule has 1 heterocycles. The molecule has 2 rings (SSSR count). The van der Waals surface area contributed by atoms with Crippen LogP contribution in [0.4, 0.5) is 5.69 Å². The van der Waals surface area contributed by atoms with E-state index in [0.29, 0.717) is 18.2 Å². The maximum absolute atomic E-state index is 5.69. The fraction of sp³-hybridized carbons (Fsp3) is 0.556. The first-order valence-electron chi connectivity index (χ1n) is 4.41. The lowest BCUT2D eigenvalue weighted by molar-refractivity contribution is 0.181. The van der Waals surface area contributed by atoms with Gasteiger partial charge < -0.3 is 10.5 Å². The van der Waals surface area contributed by atoms with Crippen LogP contribution < -0.4 is 5.73 Å². The number of nitrogen functional groups attached to an aromatic ring is 1. The van der Waals surface area contributed by atoms with Crippen molar-refractivity contribution in [2.24, 2.45) is 0 Å². The van der Waals surface area contributed by atoms with Crippen LogP contribution in [0.1, 0.15) is 30.3 Å². The molecular weight excluding hydrogens is 166 g/mol. The maximum Gasteiger partial charge on any atom is 0.131 e. The van der Waals surface area contributed by atoms with E-state index in [1.165, 1.54) is 12.8 Å². The standard InChI is InChI=1S/C9H13N3O/c1-13-5-8-7(10)4-11-9(12-8)6-2-3-6/h4,6H,2-3,5,10H2,1H3. The van der Waals surface area contributed by atoms with E-state index in [9.17, 15) is 0 Å². The number of nitrogens with two attached hydrogens (primary N) is 1. The largest absolute Gasteiger partial charge is 0.396 e. The van der Waals surface area contributed by atoms with Gasteiger partial charge in [0.15, 0.2) is 0 Å². The summed E-state index contributed by atoms with van der Waals surface area (Å²) in [6.45, 7) is 0.466. The topological polar surface area (TPSA) is 61.0 Å². The molecule has 2 N–H and O–H groups in total. The number of rotatable bonds is 3. The van der Waals surface area contributed by atoms with Crippen molar-refractivity contribution in [3.05, 3.63) is 17.7 Å². The second-order valence-electron chi connectivity index (χ2n) is 3.34. The molecule has 0 saturated heterocycles.